The Morgan fingerprint density at radius 2 is 2.25 bits per heavy atom. The summed E-state index contributed by atoms with van der Waals surface area (Å²) in [7, 11) is 4.11. The van der Waals surface area contributed by atoms with Gasteiger partial charge in [0.15, 0.2) is 0 Å². The number of aryl methyl sites for hydroxylation is 1. The van der Waals surface area contributed by atoms with E-state index in [1.165, 1.54) is 24.1 Å². The minimum Gasteiger partial charge on any atom is -0.366 e. The molecule has 2 heterocycles. The topological polar surface area (TPSA) is 46.0 Å². The standard InChI is InChI=1S/C15H21N5/c1-19-8-7-17-15(19)11-20(2)14-10-16-6-5-12(14)9-18-13-3-4-13/h5-8,10,13,18H,3-4,9,11H2,1-2H3. The summed E-state index contributed by atoms with van der Waals surface area (Å²) in [4.78, 5) is 10.9. The molecule has 0 amide bonds. The maximum Gasteiger partial charge on any atom is 0.127 e. The molecule has 0 spiro atoms. The average molecular weight is 271 g/mol. The summed E-state index contributed by atoms with van der Waals surface area (Å²) >= 11 is 0. The van der Waals surface area contributed by atoms with Gasteiger partial charge < -0.3 is 14.8 Å². The molecule has 0 unspecified atom stereocenters. The van der Waals surface area contributed by atoms with Crippen molar-refractivity contribution in [3.63, 3.8) is 0 Å². The summed E-state index contributed by atoms with van der Waals surface area (Å²) in [5, 5.41) is 3.56. The third kappa shape index (κ3) is 2.99. The molecule has 0 radical (unpaired) electrons. The van der Waals surface area contributed by atoms with Crippen molar-refractivity contribution in [2.45, 2.75) is 32.0 Å². The van der Waals surface area contributed by atoms with Gasteiger partial charge in [0, 0.05) is 45.3 Å². The number of hydrogen-bond donors (Lipinski definition) is 1. The highest BCUT2D eigenvalue weighted by molar-refractivity contribution is 5.51. The molecular formula is C15H21N5. The Kier molecular flexibility index (Phi) is 3.69. The van der Waals surface area contributed by atoms with Gasteiger partial charge in [-0.1, -0.05) is 0 Å². The maximum absolute atomic E-state index is 4.38. The average Bonchev–Trinajstić information content (AvgIpc) is 3.21. The van der Waals surface area contributed by atoms with Crippen molar-refractivity contribution in [1.29, 1.82) is 0 Å². The van der Waals surface area contributed by atoms with Crippen molar-refractivity contribution < 1.29 is 0 Å². The maximum atomic E-state index is 4.38. The third-order valence-electron chi connectivity index (χ3n) is 3.76. The number of nitrogens with one attached hydrogen (secondary N) is 1. The number of rotatable bonds is 6. The molecule has 5 nitrogen and oxygen atoms in total. The third-order valence-corrected chi connectivity index (χ3v) is 3.76. The zero-order valence-electron chi connectivity index (χ0n) is 12.1. The van der Waals surface area contributed by atoms with E-state index in [1.807, 2.05) is 31.8 Å². The van der Waals surface area contributed by atoms with Crippen molar-refractivity contribution in [3.8, 4) is 0 Å². The van der Waals surface area contributed by atoms with Crippen molar-refractivity contribution in [1.82, 2.24) is 19.9 Å². The number of anilines is 1. The highest BCUT2D eigenvalue weighted by atomic mass is 15.2. The lowest BCUT2D eigenvalue weighted by Crippen LogP contribution is -2.23. The van der Waals surface area contributed by atoms with Gasteiger partial charge in [0.2, 0.25) is 0 Å². The molecule has 2 aromatic heterocycles. The van der Waals surface area contributed by atoms with Gasteiger partial charge in [-0.2, -0.15) is 0 Å². The SMILES string of the molecule is CN(Cc1nccn1C)c1cnccc1CNC1CC1. The van der Waals surface area contributed by atoms with Gasteiger partial charge in [-0.25, -0.2) is 4.98 Å². The van der Waals surface area contributed by atoms with Crippen molar-refractivity contribution in [2.75, 3.05) is 11.9 Å². The van der Waals surface area contributed by atoms with Crippen LogP contribution in [0.3, 0.4) is 0 Å². The zero-order chi connectivity index (χ0) is 13.9. The number of pyridine rings is 1. The summed E-state index contributed by atoms with van der Waals surface area (Å²) in [6, 6.07) is 2.82. The minimum absolute atomic E-state index is 0.718. The monoisotopic (exact) mass is 271 g/mol. The predicted molar refractivity (Wildman–Crippen MR) is 79.4 cm³/mol. The van der Waals surface area contributed by atoms with E-state index in [9.17, 15) is 0 Å². The second-order valence-corrected chi connectivity index (χ2v) is 5.47. The molecule has 1 fully saturated rings. The molecule has 20 heavy (non-hydrogen) atoms. The molecule has 2 aromatic rings. The number of aromatic nitrogens is 3. The van der Waals surface area contributed by atoms with E-state index in [-0.39, 0.29) is 0 Å². The Labute approximate surface area is 119 Å². The van der Waals surface area contributed by atoms with Gasteiger partial charge in [0.25, 0.3) is 0 Å². The van der Waals surface area contributed by atoms with Gasteiger partial charge >= 0.3 is 0 Å². The molecule has 106 valence electrons. The quantitative estimate of drug-likeness (QED) is 0.868. The first-order chi connectivity index (χ1) is 9.74. The molecule has 1 aliphatic carbocycles. The summed E-state index contributed by atoms with van der Waals surface area (Å²) in [5.74, 6) is 1.05. The van der Waals surface area contributed by atoms with Crippen LogP contribution >= 0.6 is 0 Å². The van der Waals surface area contributed by atoms with Gasteiger partial charge in [-0.3, -0.25) is 4.98 Å². The molecule has 3 rings (SSSR count). The van der Waals surface area contributed by atoms with E-state index >= 15 is 0 Å². The first-order valence-electron chi connectivity index (χ1n) is 7.07. The predicted octanol–water partition coefficient (Wildman–Crippen LogP) is 1.70. The Morgan fingerprint density at radius 3 is 2.95 bits per heavy atom. The normalized spacial score (nSPS) is 14.5. The second kappa shape index (κ2) is 5.63. The molecule has 5 heteroatoms. The molecule has 0 saturated heterocycles. The van der Waals surface area contributed by atoms with Gasteiger partial charge in [-0.05, 0) is 24.5 Å². The summed E-state index contributed by atoms with van der Waals surface area (Å²) in [6.45, 7) is 1.69. The van der Waals surface area contributed by atoms with Gasteiger partial charge in [0.1, 0.15) is 5.82 Å². The number of hydrogen-bond acceptors (Lipinski definition) is 4. The van der Waals surface area contributed by atoms with E-state index in [2.05, 4.69) is 37.9 Å². The Bertz CT molecular complexity index is 573. The summed E-state index contributed by atoms with van der Waals surface area (Å²) in [6.07, 6.45) is 10.2. The van der Waals surface area contributed by atoms with Crippen LogP contribution in [0.15, 0.2) is 30.9 Å². The smallest absolute Gasteiger partial charge is 0.127 e. The Hall–Kier alpha value is -1.88. The van der Waals surface area contributed by atoms with Gasteiger partial charge in [-0.15, -0.1) is 0 Å². The minimum atomic E-state index is 0.718. The molecule has 0 aliphatic heterocycles. The van der Waals surface area contributed by atoms with Crippen LogP contribution in [-0.2, 0) is 20.1 Å². The van der Waals surface area contributed by atoms with E-state index < -0.39 is 0 Å². The first kappa shape index (κ1) is 13.1. The molecule has 1 aliphatic rings. The molecule has 1 N–H and O–H groups in total. The van der Waals surface area contributed by atoms with Crippen LogP contribution in [0.4, 0.5) is 5.69 Å². The first-order valence-corrected chi connectivity index (χ1v) is 7.07. The fourth-order valence-corrected chi connectivity index (χ4v) is 2.30. The summed E-state index contributed by atoms with van der Waals surface area (Å²) < 4.78 is 2.05. The van der Waals surface area contributed by atoms with Crippen LogP contribution in [0, 0.1) is 0 Å². The van der Waals surface area contributed by atoms with E-state index in [1.54, 1.807) is 0 Å². The second-order valence-electron chi connectivity index (χ2n) is 5.47. The number of nitrogens with zero attached hydrogens (tertiary/aromatic N) is 4. The van der Waals surface area contributed by atoms with E-state index in [4.69, 9.17) is 0 Å². The van der Waals surface area contributed by atoms with Crippen LogP contribution in [0.5, 0.6) is 0 Å². The molecule has 0 aromatic carbocycles. The van der Waals surface area contributed by atoms with Crippen molar-refractivity contribution >= 4 is 5.69 Å². The highest BCUT2D eigenvalue weighted by Gasteiger charge is 2.20. The van der Waals surface area contributed by atoms with Crippen molar-refractivity contribution in [3.05, 3.63) is 42.2 Å². The number of imidazole rings is 1. The summed E-state index contributed by atoms with van der Waals surface area (Å²) in [5.41, 5.74) is 2.47. The molecule has 0 atom stereocenters. The Morgan fingerprint density at radius 1 is 1.40 bits per heavy atom. The van der Waals surface area contributed by atoms with Crippen LogP contribution in [0.1, 0.15) is 24.2 Å². The van der Waals surface area contributed by atoms with E-state index in [0.29, 0.717) is 0 Å². The molecule has 0 bridgehead atoms. The van der Waals surface area contributed by atoms with Crippen molar-refractivity contribution in [2.24, 2.45) is 7.05 Å². The van der Waals surface area contributed by atoms with Crippen LogP contribution < -0.4 is 10.2 Å². The van der Waals surface area contributed by atoms with Crippen LogP contribution in [0.2, 0.25) is 0 Å². The van der Waals surface area contributed by atoms with E-state index in [0.717, 1.165) is 25.0 Å². The van der Waals surface area contributed by atoms with Crippen LogP contribution in [-0.4, -0.2) is 27.6 Å². The molecule has 1 saturated carbocycles. The lowest BCUT2D eigenvalue weighted by atomic mass is 10.2. The zero-order valence-corrected chi connectivity index (χ0v) is 12.1. The lowest BCUT2D eigenvalue weighted by Gasteiger charge is -2.22. The van der Waals surface area contributed by atoms with Crippen LogP contribution in [0.25, 0.3) is 0 Å². The fourth-order valence-electron chi connectivity index (χ4n) is 2.30. The highest BCUT2D eigenvalue weighted by Crippen LogP contribution is 2.23. The largest absolute Gasteiger partial charge is 0.366 e. The fraction of sp³-hybridized carbons (Fsp3) is 0.467. The lowest BCUT2D eigenvalue weighted by molar-refractivity contribution is 0.682. The van der Waals surface area contributed by atoms with Gasteiger partial charge in [0.05, 0.1) is 18.4 Å². The molecular weight excluding hydrogens is 250 g/mol. The Balaban J connectivity index is 1.72.